The molecular formula is C32H27BrN2. The van der Waals surface area contributed by atoms with Gasteiger partial charge in [-0.1, -0.05) is 116 Å². The summed E-state index contributed by atoms with van der Waals surface area (Å²) in [7, 11) is 0. The van der Waals surface area contributed by atoms with Crippen molar-refractivity contribution >= 4 is 39.0 Å². The van der Waals surface area contributed by atoms with Crippen LogP contribution in [0.1, 0.15) is 24.1 Å². The van der Waals surface area contributed by atoms with E-state index in [-0.39, 0.29) is 17.0 Å². The molecule has 4 aromatic rings. The molecule has 0 atom stereocenters. The van der Waals surface area contributed by atoms with Gasteiger partial charge < -0.3 is 0 Å². The van der Waals surface area contributed by atoms with E-state index in [1.54, 1.807) is 0 Å². The van der Waals surface area contributed by atoms with Gasteiger partial charge in [0.2, 0.25) is 0 Å². The quantitative estimate of drug-likeness (QED) is 0.238. The first kappa shape index (κ1) is 24.3. The van der Waals surface area contributed by atoms with Crippen LogP contribution in [-0.2, 0) is 0 Å². The van der Waals surface area contributed by atoms with Crippen molar-refractivity contribution in [2.45, 2.75) is 12.8 Å². The average Bonchev–Trinajstić information content (AvgIpc) is 2.92. The molecule has 0 saturated heterocycles. The third-order valence-electron chi connectivity index (χ3n) is 5.86. The number of fused-ring (bicyclic) bond motifs is 1. The van der Waals surface area contributed by atoms with Crippen molar-refractivity contribution in [3.8, 4) is 11.4 Å². The molecule has 35 heavy (non-hydrogen) atoms. The van der Waals surface area contributed by atoms with Gasteiger partial charge in [-0.05, 0) is 47.3 Å². The number of halogens is 1. The van der Waals surface area contributed by atoms with E-state index < -0.39 is 0 Å². The number of rotatable bonds is 6. The molecule has 0 fully saturated rings. The van der Waals surface area contributed by atoms with Crippen LogP contribution in [0.4, 0.5) is 0 Å². The van der Waals surface area contributed by atoms with Crippen LogP contribution in [0.2, 0.25) is 0 Å². The highest BCUT2D eigenvalue weighted by atomic mass is 79.9. The van der Waals surface area contributed by atoms with E-state index in [4.69, 9.17) is 9.97 Å². The van der Waals surface area contributed by atoms with Gasteiger partial charge in [-0.15, -0.1) is 17.0 Å². The molecule has 0 aliphatic heterocycles. The van der Waals surface area contributed by atoms with E-state index in [0.717, 1.165) is 51.7 Å². The second-order valence-corrected chi connectivity index (χ2v) is 8.29. The summed E-state index contributed by atoms with van der Waals surface area (Å²) in [5, 5.41) is 0.998. The summed E-state index contributed by atoms with van der Waals surface area (Å²) in [5.41, 5.74) is 7.07. The molecule has 1 aliphatic rings. The molecule has 0 radical (unpaired) electrons. The standard InChI is InChI=1S/C32H26N2.BrH/c1-24(23-28(26-15-7-3-8-16-26)22-21-25-13-5-2-6-14-25)31-29-19-11-12-20-30(29)33-32(34-31)27-17-9-4-10-18-27;/h3-5,7-23H,1-2,6H2;1H/b22-21+,28-23+;. The summed E-state index contributed by atoms with van der Waals surface area (Å²) in [4.78, 5) is 9.79. The molecule has 2 nitrogen and oxygen atoms in total. The average molecular weight is 519 g/mol. The zero-order valence-electron chi connectivity index (χ0n) is 19.5. The largest absolute Gasteiger partial charge is 0.228 e. The molecule has 0 N–H and O–H groups in total. The molecule has 5 rings (SSSR count). The number of hydrogen-bond donors (Lipinski definition) is 0. The van der Waals surface area contributed by atoms with Crippen molar-refractivity contribution in [2.24, 2.45) is 0 Å². The van der Waals surface area contributed by atoms with Gasteiger partial charge in [-0.2, -0.15) is 0 Å². The fraction of sp³-hybridized carbons (Fsp3) is 0.0625. The molecular weight excluding hydrogens is 492 g/mol. The van der Waals surface area contributed by atoms with Gasteiger partial charge in [-0.3, -0.25) is 0 Å². The van der Waals surface area contributed by atoms with Crippen LogP contribution < -0.4 is 0 Å². The molecule has 0 saturated carbocycles. The monoisotopic (exact) mass is 518 g/mol. The van der Waals surface area contributed by atoms with Gasteiger partial charge in [0.05, 0.1) is 11.2 Å². The lowest BCUT2D eigenvalue weighted by atomic mass is 9.98. The first-order chi connectivity index (χ1) is 16.8. The second kappa shape index (κ2) is 11.5. The molecule has 1 aliphatic carbocycles. The van der Waals surface area contributed by atoms with E-state index in [9.17, 15) is 0 Å². The highest BCUT2D eigenvalue weighted by Gasteiger charge is 2.11. The Hall–Kier alpha value is -3.82. The van der Waals surface area contributed by atoms with Gasteiger partial charge in [0.25, 0.3) is 0 Å². The Balaban J connectivity index is 0.00000289. The summed E-state index contributed by atoms with van der Waals surface area (Å²) in [5.74, 6) is 0.707. The highest BCUT2D eigenvalue weighted by molar-refractivity contribution is 8.93. The van der Waals surface area contributed by atoms with Gasteiger partial charge in [0.1, 0.15) is 0 Å². The van der Waals surface area contributed by atoms with Crippen LogP contribution in [0.15, 0.2) is 134 Å². The summed E-state index contributed by atoms with van der Waals surface area (Å²) < 4.78 is 0. The van der Waals surface area contributed by atoms with Crippen molar-refractivity contribution in [2.75, 3.05) is 0 Å². The Labute approximate surface area is 217 Å². The summed E-state index contributed by atoms with van der Waals surface area (Å²) in [6.45, 7) is 4.44. The molecule has 1 heterocycles. The Bertz CT molecular complexity index is 1450. The predicted molar refractivity (Wildman–Crippen MR) is 154 cm³/mol. The molecule has 0 unspecified atom stereocenters. The molecule has 0 bridgehead atoms. The molecule has 3 heteroatoms. The number of aromatic nitrogens is 2. The summed E-state index contributed by atoms with van der Waals surface area (Å²) in [6.07, 6.45) is 15.4. The molecule has 1 aromatic heterocycles. The minimum atomic E-state index is 0. The van der Waals surface area contributed by atoms with E-state index in [1.165, 1.54) is 5.57 Å². The lowest BCUT2D eigenvalue weighted by Gasteiger charge is -2.11. The van der Waals surface area contributed by atoms with Crippen molar-refractivity contribution in [3.63, 3.8) is 0 Å². The van der Waals surface area contributed by atoms with E-state index in [2.05, 4.69) is 73.4 Å². The molecule has 0 amide bonds. The highest BCUT2D eigenvalue weighted by Crippen LogP contribution is 2.29. The van der Waals surface area contributed by atoms with Crippen LogP contribution in [0.3, 0.4) is 0 Å². The fourth-order valence-corrected chi connectivity index (χ4v) is 4.10. The molecule has 0 spiro atoms. The summed E-state index contributed by atoms with van der Waals surface area (Å²) in [6, 6.07) is 28.6. The van der Waals surface area contributed by atoms with Crippen LogP contribution >= 0.6 is 17.0 Å². The minimum absolute atomic E-state index is 0. The fourth-order valence-electron chi connectivity index (χ4n) is 4.10. The normalized spacial score (nSPS) is 13.5. The molecule has 3 aromatic carbocycles. The Morgan fingerprint density at radius 2 is 1.51 bits per heavy atom. The van der Waals surface area contributed by atoms with Crippen molar-refractivity contribution in [3.05, 3.63) is 145 Å². The smallest absolute Gasteiger partial charge is 0.160 e. The van der Waals surface area contributed by atoms with Crippen LogP contribution in [0, 0.1) is 0 Å². The van der Waals surface area contributed by atoms with Gasteiger partial charge >= 0.3 is 0 Å². The first-order valence-electron chi connectivity index (χ1n) is 11.6. The van der Waals surface area contributed by atoms with Crippen molar-refractivity contribution in [1.29, 1.82) is 0 Å². The Kier molecular flexibility index (Phi) is 8.02. The third kappa shape index (κ3) is 5.82. The number of benzene rings is 3. The van der Waals surface area contributed by atoms with Crippen molar-refractivity contribution < 1.29 is 0 Å². The first-order valence-corrected chi connectivity index (χ1v) is 11.6. The third-order valence-corrected chi connectivity index (χ3v) is 5.86. The maximum Gasteiger partial charge on any atom is 0.160 e. The van der Waals surface area contributed by atoms with Crippen LogP contribution in [0.25, 0.3) is 33.4 Å². The van der Waals surface area contributed by atoms with Gasteiger partial charge in [0, 0.05) is 10.9 Å². The van der Waals surface area contributed by atoms with Crippen LogP contribution in [0.5, 0.6) is 0 Å². The van der Waals surface area contributed by atoms with E-state index in [0.29, 0.717) is 5.82 Å². The number of allylic oxidation sites excluding steroid dienone is 9. The number of nitrogens with zero attached hydrogens (tertiary/aromatic N) is 2. The topological polar surface area (TPSA) is 25.8 Å². The predicted octanol–water partition coefficient (Wildman–Crippen LogP) is 8.80. The molecule has 172 valence electrons. The Morgan fingerprint density at radius 3 is 2.26 bits per heavy atom. The van der Waals surface area contributed by atoms with E-state index in [1.807, 2.05) is 54.6 Å². The lowest BCUT2D eigenvalue weighted by Crippen LogP contribution is -1.97. The zero-order valence-corrected chi connectivity index (χ0v) is 21.2. The Morgan fingerprint density at radius 1 is 0.800 bits per heavy atom. The second-order valence-electron chi connectivity index (χ2n) is 8.29. The van der Waals surface area contributed by atoms with Gasteiger partial charge in [0.15, 0.2) is 5.82 Å². The lowest BCUT2D eigenvalue weighted by molar-refractivity contribution is 1.03. The van der Waals surface area contributed by atoms with Crippen molar-refractivity contribution in [1.82, 2.24) is 9.97 Å². The minimum Gasteiger partial charge on any atom is -0.228 e. The maximum atomic E-state index is 4.97. The zero-order chi connectivity index (χ0) is 23.2. The van der Waals surface area contributed by atoms with Gasteiger partial charge in [-0.25, -0.2) is 9.97 Å². The van der Waals surface area contributed by atoms with E-state index >= 15 is 0 Å². The SMILES string of the molecule is Br.C=C(/C=C(\C=C\C1=CCCC=C1)c1ccccc1)c1nc(-c2ccccc2)nc2ccccc12. The number of para-hydroxylation sites is 1. The number of hydrogen-bond acceptors (Lipinski definition) is 2. The van der Waals surface area contributed by atoms with Crippen LogP contribution in [-0.4, -0.2) is 9.97 Å². The summed E-state index contributed by atoms with van der Waals surface area (Å²) >= 11 is 0. The maximum absolute atomic E-state index is 4.97.